The summed E-state index contributed by atoms with van der Waals surface area (Å²) >= 11 is 1.13. The van der Waals surface area contributed by atoms with Gasteiger partial charge in [0.1, 0.15) is 5.52 Å². The molecule has 0 amide bonds. The molecule has 0 saturated heterocycles. The van der Waals surface area contributed by atoms with Crippen LogP contribution in [0.4, 0.5) is 0 Å². The standard InChI is InChI=1S/C12H11N5O3S/c1-7-14-9(16-20-7)5-17-11-8(3-2-4-13-11)15-12(17)21-6-10(18)19/h2-4H,5-6H2,1H3,(H,18,19). The lowest BCUT2D eigenvalue weighted by atomic mass is 10.4. The molecule has 0 saturated carbocycles. The Labute approximate surface area is 123 Å². The molecule has 0 atom stereocenters. The number of hydrogen-bond donors (Lipinski definition) is 1. The van der Waals surface area contributed by atoms with Crippen LogP contribution in [-0.4, -0.2) is 41.5 Å². The summed E-state index contributed by atoms with van der Waals surface area (Å²) in [6.45, 7) is 2.04. The van der Waals surface area contributed by atoms with Crippen molar-refractivity contribution in [2.24, 2.45) is 0 Å². The van der Waals surface area contributed by atoms with Crippen molar-refractivity contribution in [3.05, 3.63) is 30.0 Å². The second-order valence-electron chi connectivity index (χ2n) is 4.24. The van der Waals surface area contributed by atoms with E-state index >= 15 is 0 Å². The third-order valence-corrected chi connectivity index (χ3v) is 3.62. The molecule has 3 aromatic rings. The maximum atomic E-state index is 10.7. The molecule has 0 aliphatic carbocycles. The first-order valence-corrected chi connectivity index (χ1v) is 7.07. The minimum absolute atomic E-state index is 0.0748. The van der Waals surface area contributed by atoms with Crippen molar-refractivity contribution in [1.82, 2.24) is 24.7 Å². The van der Waals surface area contributed by atoms with E-state index in [2.05, 4.69) is 20.1 Å². The summed E-state index contributed by atoms with van der Waals surface area (Å²) in [6.07, 6.45) is 1.66. The summed E-state index contributed by atoms with van der Waals surface area (Å²) in [6, 6.07) is 3.61. The van der Waals surface area contributed by atoms with Gasteiger partial charge >= 0.3 is 5.97 Å². The molecule has 0 fully saturated rings. The van der Waals surface area contributed by atoms with Crippen LogP contribution in [0.2, 0.25) is 0 Å². The maximum Gasteiger partial charge on any atom is 0.313 e. The molecule has 0 unspecified atom stereocenters. The van der Waals surface area contributed by atoms with Gasteiger partial charge in [0.25, 0.3) is 0 Å². The van der Waals surface area contributed by atoms with Gasteiger partial charge in [-0.3, -0.25) is 9.36 Å². The lowest BCUT2D eigenvalue weighted by molar-refractivity contribution is -0.133. The summed E-state index contributed by atoms with van der Waals surface area (Å²) < 4.78 is 6.73. The van der Waals surface area contributed by atoms with E-state index in [1.807, 2.05) is 6.07 Å². The molecule has 0 spiro atoms. The Balaban J connectivity index is 2.00. The molecular formula is C12H11N5O3S. The predicted molar refractivity (Wildman–Crippen MR) is 74.0 cm³/mol. The average Bonchev–Trinajstić information content (AvgIpc) is 3.01. The molecule has 21 heavy (non-hydrogen) atoms. The number of nitrogens with zero attached hydrogens (tertiary/aromatic N) is 5. The molecule has 3 aromatic heterocycles. The van der Waals surface area contributed by atoms with Gasteiger partial charge in [-0.05, 0) is 12.1 Å². The molecule has 9 heteroatoms. The molecule has 108 valence electrons. The van der Waals surface area contributed by atoms with Crippen molar-refractivity contribution in [3.8, 4) is 0 Å². The van der Waals surface area contributed by atoms with Crippen LogP contribution in [0.15, 0.2) is 28.0 Å². The van der Waals surface area contributed by atoms with Gasteiger partial charge in [-0.2, -0.15) is 4.98 Å². The highest BCUT2D eigenvalue weighted by molar-refractivity contribution is 7.99. The molecule has 0 radical (unpaired) electrons. The Hall–Kier alpha value is -2.42. The number of carboxylic acids is 1. The lowest BCUT2D eigenvalue weighted by Crippen LogP contribution is -2.06. The number of aliphatic carboxylic acids is 1. The number of hydrogen-bond acceptors (Lipinski definition) is 7. The summed E-state index contributed by atoms with van der Waals surface area (Å²) in [5.74, 6) is -0.00655. The number of imidazole rings is 1. The van der Waals surface area contributed by atoms with E-state index in [1.165, 1.54) is 0 Å². The zero-order valence-electron chi connectivity index (χ0n) is 11.1. The number of thioether (sulfide) groups is 1. The second kappa shape index (κ2) is 5.52. The van der Waals surface area contributed by atoms with Gasteiger partial charge in [-0.25, -0.2) is 9.97 Å². The molecule has 8 nitrogen and oxygen atoms in total. The number of carboxylic acid groups (broad SMARTS) is 1. The van der Waals surface area contributed by atoms with Gasteiger partial charge < -0.3 is 9.63 Å². The van der Waals surface area contributed by atoms with E-state index < -0.39 is 5.97 Å². The van der Waals surface area contributed by atoms with Crippen LogP contribution < -0.4 is 0 Å². The van der Waals surface area contributed by atoms with Gasteiger partial charge in [-0.15, -0.1) is 0 Å². The molecule has 0 bridgehead atoms. The summed E-state index contributed by atoms with van der Waals surface area (Å²) in [5.41, 5.74) is 1.36. The van der Waals surface area contributed by atoms with E-state index in [0.29, 0.717) is 34.6 Å². The number of aromatic nitrogens is 5. The zero-order valence-corrected chi connectivity index (χ0v) is 11.9. The predicted octanol–water partition coefficient (Wildman–Crippen LogP) is 1.35. The largest absolute Gasteiger partial charge is 0.481 e. The van der Waals surface area contributed by atoms with Gasteiger partial charge in [-0.1, -0.05) is 16.9 Å². The molecule has 0 aliphatic heterocycles. The van der Waals surface area contributed by atoms with Crippen molar-refractivity contribution in [2.75, 3.05) is 5.75 Å². The normalized spacial score (nSPS) is 11.1. The monoisotopic (exact) mass is 305 g/mol. The summed E-state index contributed by atoms with van der Waals surface area (Å²) in [4.78, 5) is 23.6. The highest BCUT2D eigenvalue weighted by Crippen LogP contribution is 2.23. The Kier molecular flexibility index (Phi) is 3.57. The van der Waals surface area contributed by atoms with Gasteiger partial charge in [0.2, 0.25) is 5.89 Å². The number of pyridine rings is 1. The van der Waals surface area contributed by atoms with Crippen molar-refractivity contribution < 1.29 is 14.4 Å². The van der Waals surface area contributed by atoms with Crippen LogP contribution >= 0.6 is 11.8 Å². The number of aryl methyl sites for hydroxylation is 1. The average molecular weight is 305 g/mol. The van der Waals surface area contributed by atoms with Crippen molar-refractivity contribution in [2.45, 2.75) is 18.6 Å². The van der Waals surface area contributed by atoms with E-state index in [-0.39, 0.29) is 5.75 Å². The molecule has 0 aromatic carbocycles. The van der Waals surface area contributed by atoms with Crippen molar-refractivity contribution >= 4 is 28.9 Å². The first-order valence-electron chi connectivity index (χ1n) is 6.08. The SMILES string of the molecule is Cc1nc(Cn2c(SCC(=O)O)nc3cccnc32)no1. The quantitative estimate of drug-likeness (QED) is 0.704. The smallest absolute Gasteiger partial charge is 0.313 e. The molecule has 3 heterocycles. The van der Waals surface area contributed by atoms with E-state index in [4.69, 9.17) is 9.63 Å². The second-order valence-corrected chi connectivity index (χ2v) is 5.18. The fraction of sp³-hybridized carbons (Fsp3) is 0.250. The van der Waals surface area contributed by atoms with Crippen LogP contribution in [-0.2, 0) is 11.3 Å². The summed E-state index contributed by atoms with van der Waals surface area (Å²) in [5, 5.41) is 13.2. The topological polar surface area (TPSA) is 107 Å². The van der Waals surface area contributed by atoms with Crippen molar-refractivity contribution in [1.29, 1.82) is 0 Å². The minimum Gasteiger partial charge on any atom is -0.481 e. The highest BCUT2D eigenvalue weighted by atomic mass is 32.2. The Morgan fingerprint density at radius 2 is 2.33 bits per heavy atom. The number of rotatable bonds is 5. The van der Waals surface area contributed by atoms with Crippen LogP contribution in [0.1, 0.15) is 11.7 Å². The summed E-state index contributed by atoms with van der Waals surface area (Å²) in [7, 11) is 0. The first-order chi connectivity index (χ1) is 10.1. The Bertz CT molecular complexity index is 797. The van der Waals surface area contributed by atoms with Crippen LogP contribution in [0.3, 0.4) is 0 Å². The van der Waals surface area contributed by atoms with Gasteiger partial charge in [0.15, 0.2) is 16.6 Å². The molecule has 0 aliphatic rings. The Morgan fingerprint density at radius 3 is 3.05 bits per heavy atom. The van der Waals surface area contributed by atoms with E-state index in [1.54, 1.807) is 23.8 Å². The maximum absolute atomic E-state index is 10.7. The van der Waals surface area contributed by atoms with Crippen molar-refractivity contribution in [3.63, 3.8) is 0 Å². The lowest BCUT2D eigenvalue weighted by Gasteiger charge is -2.04. The fourth-order valence-electron chi connectivity index (χ4n) is 1.86. The molecular weight excluding hydrogens is 294 g/mol. The first kappa shape index (κ1) is 13.6. The third-order valence-electron chi connectivity index (χ3n) is 2.66. The molecule has 3 rings (SSSR count). The fourth-order valence-corrected chi connectivity index (χ4v) is 2.59. The zero-order chi connectivity index (χ0) is 14.8. The van der Waals surface area contributed by atoms with Crippen LogP contribution in [0.25, 0.3) is 11.2 Å². The highest BCUT2D eigenvalue weighted by Gasteiger charge is 2.15. The van der Waals surface area contributed by atoms with Crippen LogP contribution in [0.5, 0.6) is 0 Å². The van der Waals surface area contributed by atoms with Gasteiger partial charge in [0.05, 0.1) is 12.3 Å². The number of fused-ring (bicyclic) bond motifs is 1. The van der Waals surface area contributed by atoms with E-state index in [0.717, 1.165) is 11.8 Å². The number of carbonyl (C=O) groups is 1. The molecule has 1 N–H and O–H groups in total. The Morgan fingerprint density at radius 1 is 1.48 bits per heavy atom. The van der Waals surface area contributed by atoms with E-state index in [9.17, 15) is 4.79 Å². The van der Waals surface area contributed by atoms with Crippen LogP contribution in [0, 0.1) is 6.92 Å². The minimum atomic E-state index is -0.901. The van der Waals surface area contributed by atoms with Gasteiger partial charge in [0, 0.05) is 13.1 Å². The third kappa shape index (κ3) is 2.87.